The number of ether oxygens (including phenoxy) is 1. The highest BCUT2D eigenvalue weighted by Gasteiger charge is 2.14. The van der Waals surface area contributed by atoms with E-state index in [1.165, 1.54) is 20.2 Å². The van der Waals surface area contributed by atoms with E-state index in [2.05, 4.69) is 15.3 Å². The maximum Gasteiger partial charge on any atom is 0.337 e. The molecule has 0 aliphatic carbocycles. The standard InChI is InChI=1S/C23H20FN3O3/c1-4-18(15-5-7-16(8-6-15)23(29)30-3)17-9-10-21(26-11-17)27-22(28)19-12-25-13-20(24)14(19)2/h4-13H,1-3H3,(H,26,27,28)/b18-4-. The Balaban J connectivity index is 1.78. The fraction of sp³-hybridized carbons (Fsp3) is 0.130. The second kappa shape index (κ2) is 9.09. The van der Waals surface area contributed by atoms with Crippen molar-refractivity contribution in [2.45, 2.75) is 13.8 Å². The van der Waals surface area contributed by atoms with E-state index in [4.69, 9.17) is 4.74 Å². The second-order valence-electron chi connectivity index (χ2n) is 6.45. The minimum atomic E-state index is -0.540. The molecule has 0 spiro atoms. The van der Waals surface area contributed by atoms with E-state index in [1.54, 1.807) is 24.4 Å². The summed E-state index contributed by atoms with van der Waals surface area (Å²) >= 11 is 0. The number of nitrogens with zero attached hydrogens (tertiary/aromatic N) is 2. The first-order chi connectivity index (χ1) is 14.4. The van der Waals surface area contributed by atoms with Crippen molar-refractivity contribution in [1.82, 2.24) is 9.97 Å². The highest BCUT2D eigenvalue weighted by atomic mass is 19.1. The number of carbonyl (C=O) groups is 2. The Morgan fingerprint density at radius 1 is 1.00 bits per heavy atom. The summed E-state index contributed by atoms with van der Waals surface area (Å²) in [5, 5.41) is 2.65. The van der Waals surface area contributed by atoms with E-state index >= 15 is 0 Å². The molecule has 1 amide bonds. The maximum absolute atomic E-state index is 13.6. The van der Waals surface area contributed by atoms with Gasteiger partial charge in [0.05, 0.1) is 24.4 Å². The van der Waals surface area contributed by atoms with Crippen molar-refractivity contribution in [3.8, 4) is 0 Å². The molecule has 1 N–H and O–H groups in total. The fourth-order valence-corrected chi connectivity index (χ4v) is 2.94. The zero-order valence-corrected chi connectivity index (χ0v) is 16.8. The number of benzene rings is 1. The lowest BCUT2D eigenvalue weighted by Crippen LogP contribution is -2.15. The van der Waals surface area contributed by atoms with Crippen molar-refractivity contribution in [2.75, 3.05) is 12.4 Å². The normalized spacial score (nSPS) is 11.1. The van der Waals surface area contributed by atoms with Gasteiger partial charge >= 0.3 is 5.97 Å². The number of carbonyl (C=O) groups excluding carboxylic acids is 2. The summed E-state index contributed by atoms with van der Waals surface area (Å²) in [5.74, 6) is -1.08. The van der Waals surface area contributed by atoms with Gasteiger partial charge in [-0.25, -0.2) is 14.2 Å². The molecular weight excluding hydrogens is 385 g/mol. The number of amides is 1. The van der Waals surface area contributed by atoms with Crippen LogP contribution in [-0.4, -0.2) is 29.0 Å². The number of anilines is 1. The quantitative estimate of drug-likeness (QED) is 0.636. The molecule has 0 aliphatic rings. The zero-order chi connectivity index (χ0) is 21.7. The number of hydrogen-bond donors (Lipinski definition) is 1. The molecule has 0 aliphatic heterocycles. The van der Waals surface area contributed by atoms with Crippen LogP contribution < -0.4 is 5.32 Å². The molecule has 2 aromatic heterocycles. The molecule has 2 heterocycles. The summed E-state index contributed by atoms with van der Waals surface area (Å²) in [6.07, 6.45) is 5.95. The predicted molar refractivity (Wildman–Crippen MR) is 112 cm³/mol. The third-order valence-corrected chi connectivity index (χ3v) is 4.62. The van der Waals surface area contributed by atoms with Gasteiger partial charge in [0.25, 0.3) is 5.91 Å². The van der Waals surface area contributed by atoms with Gasteiger partial charge in [0.15, 0.2) is 0 Å². The lowest BCUT2D eigenvalue weighted by Gasteiger charge is -2.10. The van der Waals surface area contributed by atoms with E-state index in [-0.39, 0.29) is 11.1 Å². The van der Waals surface area contributed by atoms with Crippen molar-refractivity contribution < 1.29 is 18.7 Å². The molecule has 0 fully saturated rings. The summed E-state index contributed by atoms with van der Waals surface area (Å²) in [6.45, 7) is 3.42. The van der Waals surface area contributed by atoms with E-state index in [0.717, 1.165) is 22.9 Å². The van der Waals surface area contributed by atoms with Crippen LogP contribution >= 0.6 is 0 Å². The Kier molecular flexibility index (Phi) is 6.32. The summed E-state index contributed by atoms with van der Waals surface area (Å²) in [4.78, 5) is 32.0. The van der Waals surface area contributed by atoms with Crippen LogP contribution in [-0.2, 0) is 4.74 Å². The molecule has 7 heteroatoms. The lowest BCUT2D eigenvalue weighted by atomic mass is 9.98. The first-order valence-electron chi connectivity index (χ1n) is 9.17. The van der Waals surface area contributed by atoms with Gasteiger partial charge in [-0.15, -0.1) is 0 Å². The van der Waals surface area contributed by atoms with E-state index < -0.39 is 17.7 Å². The predicted octanol–water partition coefficient (Wildman–Crippen LogP) is 4.41. The molecule has 1 aromatic carbocycles. The Morgan fingerprint density at radius 3 is 2.27 bits per heavy atom. The molecule has 152 valence electrons. The topological polar surface area (TPSA) is 81.2 Å². The van der Waals surface area contributed by atoms with Gasteiger partial charge in [-0.2, -0.15) is 0 Å². The minimum Gasteiger partial charge on any atom is -0.465 e. The average molecular weight is 405 g/mol. The van der Waals surface area contributed by atoms with Crippen molar-refractivity contribution in [1.29, 1.82) is 0 Å². The Labute approximate surface area is 173 Å². The Bertz CT molecular complexity index is 1110. The highest BCUT2D eigenvalue weighted by molar-refractivity contribution is 6.04. The van der Waals surface area contributed by atoms with Gasteiger partial charge in [-0.05, 0) is 49.2 Å². The molecule has 6 nitrogen and oxygen atoms in total. The lowest BCUT2D eigenvalue weighted by molar-refractivity contribution is 0.0600. The number of esters is 1. The van der Waals surface area contributed by atoms with E-state index in [9.17, 15) is 14.0 Å². The first-order valence-corrected chi connectivity index (χ1v) is 9.17. The van der Waals surface area contributed by atoms with Crippen LogP contribution in [0.15, 0.2) is 61.1 Å². The van der Waals surface area contributed by atoms with Crippen LogP contribution in [0, 0.1) is 12.7 Å². The minimum absolute atomic E-state index is 0.153. The summed E-state index contributed by atoms with van der Waals surface area (Å²) in [6, 6.07) is 10.5. The molecular formula is C23H20FN3O3. The molecule has 0 unspecified atom stereocenters. The first kappa shape index (κ1) is 20.9. The SMILES string of the molecule is C/C=C(/c1ccc(C(=O)OC)cc1)c1ccc(NC(=O)c2cncc(F)c2C)nc1. The Morgan fingerprint density at radius 2 is 1.67 bits per heavy atom. The molecule has 0 radical (unpaired) electrons. The molecule has 3 aromatic rings. The van der Waals surface area contributed by atoms with Crippen molar-refractivity contribution in [3.05, 3.63) is 94.7 Å². The van der Waals surface area contributed by atoms with Crippen LogP contribution in [0.3, 0.4) is 0 Å². The zero-order valence-electron chi connectivity index (χ0n) is 16.8. The smallest absolute Gasteiger partial charge is 0.337 e. The van der Waals surface area contributed by atoms with E-state index in [0.29, 0.717) is 11.4 Å². The number of aromatic nitrogens is 2. The number of allylic oxidation sites excluding steroid dienone is 1. The summed E-state index contributed by atoms with van der Waals surface area (Å²) < 4.78 is 18.3. The molecule has 0 saturated heterocycles. The summed E-state index contributed by atoms with van der Waals surface area (Å²) in [5.41, 5.74) is 3.51. The highest BCUT2D eigenvalue weighted by Crippen LogP contribution is 2.24. The number of rotatable bonds is 5. The third-order valence-electron chi connectivity index (χ3n) is 4.62. The van der Waals surface area contributed by atoms with Crippen molar-refractivity contribution in [3.63, 3.8) is 0 Å². The number of methoxy groups -OCH3 is 1. The maximum atomic E-state index is 13.6. The number of hydrogen-bond acceptors (Lipinski definition) is 5. The molecule has 0 bridgehead atoms. The largest absolute Gasteiger partial charge is 0.465 e. The van der Waals surface area contributed by atoms with Gasteiger partial charge in [0.1, 0.15) is 11.6 Å². The number of pyridine rings is 2. The molecule has 30 heavy (non-hydrogen) atoms. The number of halogens is 1. The van der Waals surface area contributed by atoms with E-state index in [1.807, 2.05) is 31.2 Å². The molecule has 3 rings (SSSR count). The number of nitrogens with one attached hydrogen (secondary N) is 1. The van der Waals surface area contributed by atoms with Crippen LogP contribution in [0.25, 0.3) is 5.57 Å². The Hall–Kier alpha value is -3.87. The molecule has 0 atom stereocenters. The average Bonchev–Trinajstić information content (AvgIpc) is 2.77. The van der Waals surface area contributed by atoms with Crippen LogP contribution in [0.4, 0.5) is 10.2 Å². The second-order valence-corrected chi connectivity index (χ2v) is 6.45. The van der Waals surface area contributed by atoms with Gasteiger partial charge in [-0.3, -0.25) is 9.78 Å². The van der Waals surface area contributed by atoms with Crippen molar-refractivity contribution in [2.24, 2.45) is 0 Å². The summed E-state index contributed by atoms with van der Waals surface area (Å²) in [7, 11) is 1.34. The van der Waals surface area contributed by atoms with Gasteiger partial charge < -0.3 is 10.1 Å². The van der Waals surface area contributed by atoms with Crippen LogP contribution in [0.1, 0.15) is 44.3 Å². The monoisotopic (exact) mass is 405 g/mol. The van der Waals surface area contributed by atoms with Gasteiger partial charge in [-0.1, -0.05) is 18.2 Å². The van der Waals surface area contributed by atoms with Gasteiger partial charge in [0, 0.05) is 23.5 Å². The van der Waals surface area contributed by atoms with Crippen molar-refractivity contribution >= 4 is 23.3 Å². The van der Waals surface area contributed by atoms with Crippen LogP contribution in [0.2, 0.25) is 0 Å². The van der Waals surface area contributed by atoms with Crippen LogP contribution in [0.5, 0.6) is 0 Å². The fourth-order valence-electron chi connectivity index (χ4n) is 2.94. The molecule has 0 saturated carbocycles. The third kappa shape index (κ3) is 4.41. The van der Waals surface area contributed by atoms with Gasteiger partial charge in [0.2, 0.25) is 0 Å².